The molecule has 0 bridgehead atoms. The van der Waals surface area contributed by atoms with Crippen LogP contribution >= 0.6 is 0 Å². The van der Waals surface area contributed by atoms with Gasteiger partial charge in [0.25, 0.3) is 0 Å². The molecule has 0 saturated carbocycles. The Balaban J connectivity index is 2.00. The number of carbonyl (C=O) groups is 2. The van der Waals surface area contributed by atoms with Crippen molar-refractivity contribution < 1.29 is 18.0 Å². The van der Waals surface area contributed by atoms with Crippen LogP contribution in [-0.4, -0.2) is 26.2 Å². The molecular formula is C17H16O4S. The summed E-state index contributed by atoms with van der Waals surface area (Å²) in [4.78, 5) is 24.1. The molecule has 0 aliphatic heterocycles. The smallest absolute Gasteiger partial charge is 0.175 e. The number of carbonyl (C=O) groups excluding carboxylic acids is 2. The first kappa shape index (κ1) is 16.1. The third kappa shape index (κ3) is 4.11. The van der Waals surface area contributed by atoms with Crippen molar-refractivity contribution in [3.63, 3.8) is 0 Å². The van der Waals surface area contributed by atoms with Gasteiger partial charge in [0.15, 0.2) is 21.4 Å². The first-order chi connectivity index (χ1) is 10.4. The molecule has 0 N–H and O–H groups in total. The first-order valence-corrected chi connectivity index (χ1v) is 8.68. The number of hydrogen-bond acceptors (Lipinski definition) is 4. The van der Waals surface area contributed by atoms with Crippen molar-refractivity contribution in [2.24, 2.45) is 0 Å². The van der Waals surface area contributed by atoms with E-state index in [1.165, 1.54) is 24.3 Å². The molecule has 0 saturated heterocycles. The monoisotopic (exact) mass is 316 g/mol. The molecule has 22 heavy (non-hydrogen) atoms. The van der Waals surface area contributed by atoms with Crippen molar-refractivity contribution in [1.29, 1.82) is 0 Å². The number of ketones is 2. The minimum Gasteiger partial charge on any atom is -0.294 e. The van der Waals surface area contributed by atoms with Crippen molar-refractivity contribution in [3.8, 4) is 0 Å². The molecule has 0 atom stereocenters. The summed E-state index contributed by atoms with van der Waals surface area (Å²) < 4.78 is 22.7. The molecule has 5 heteroatoms. The van der Waals surface area contributed by atoms with Gasteiger partial charge in [0, 0.05) is 30.2 Å². The lowest BCUT2D eigenvalue weighted by Gasteiger charge is -2.03. The zero-order chi connectivity index (χ0) is 16.2. The lowest BCUT2D eigenvalue weighted by molar-refractivity contribution is 0.0917. The van der Waals surface area contributed by atoms with E-state index in [1.54, 1.807) is 24.3 Å². The molecule has 0 aliphatic rings. The second kappa shape index (κ2) is 6.66. The van der Waals surface area contributed by atoms with E-state index >= 15 is 0 Å². The molecule has 0 unspecified atom stereocenters. The summed E-state index contributed by atoms with van der Waals surface area (Å²) in [6, 6.07) is 14.6. The lowest BCUT2D eigenvalue weighted by Crippen LogP contribution is -2.05. The highest BCUT2D eigenvalue weighted by atomic mass is 32.2. The van der Waals surface area contributed by atoms with Crippen LogP contribution in [0.4, 0.5) is 0 Å². The van der Waals surface area contributed by atoms with Gasteiger partial charge in [-0.1, -0.05) is 42.5 Å². The van der Waals surface area contributed by atoms with Gasteiger partial charge in [0.2, 0.25) is 0 Å². The predicted octanol–water partition coefficient (Wildman–Crippen LogP) is 2.94. The van der Waals surface area contributed by atoms with Gasteiger partial charge in [0.05, 0.1) is 4.90 Å². The van der Waals surface area contributed by atoms with E-state index in [4.69, 9.17) is 0 Å². The molecule has 0 heterocycles. The fourth-order valence-corrected chi connectivity index (χ4v) is 2.66. The second-order valence-corrected chi connectivity index (χ2v) is 7.02. The van der Waals surface area contributed by atoms with Crippen LogP contribution in [0.1, 0.15) is 33.6 Å². The first-order valence-electron chi connectivity index (χ1n) is 6.79. The molecular weight excluding hydrogens is 300 g/mol. The summed E-state index contributed by atoms with van der Waals surface area (Å²) in [5.41, 5.74) is 0.996. The molecule has 0 fully saturated rings. The van der Waals surface area contributed by atoms with Gasteiger partial charge in [0.1, 0.15) is 0 Å². The quantitative estimate of drug-likeness (QED) is 0.768. The van der Waals surface area contributed by atoms with Crippen LogP contribution < -0.4 is 0 Å². The van der Waals surface area contributed by atoms with E-state index in [2.05, 4.69) is 0 Å². The number of sulfone groups is 1. The predicted molar refractivity (Wildman–Crippen MR) is 83.9 cm³/mol. The number of rotatable bonds is 6. The molecule has 0 spiro atoms. The molecule has 4 nitrogen and oxygen atoms in total. The van der Waals surface area contributed by atoms with Gasteiger partial charge >= 0.3 is 0 Å². The fraction of sp³-hybridized carbons (Fsp3) is 0.176. The van der Waals surface area contributed by atoms with Crippen molar-refractivity contribution in [2.75, 3.05) is 6.26 Å². The van der Waals surface area contributed by atoms with Crippen LogP contribution in [0.15, 0.2) is 59.5 Å². The molecule has 0 amide bonds. The second-order valence-electron chi connectivity index (χ2n) is 5.01. The van der Waals surface area contributed by atoms with E-state index in [1.807, 2.05) is 6.07 Å². The summed E-state index contributed by atoms with van der Waals surface area (Å²) in [6.45, 7) is 0. The maximum atomic E-state index is 12.0. The Morgan fingerprint density at radius 2 is 1.23 bits per heavy atom. The number of benzene rings is 2. The van der Waals surface area contributed by atoms with Gasteiger partial charge < -0.3 is 0 Å². The van der Waals surface area contributed by atoms with Crippen molar-refractivity contribution in [2.45, 2.75) is 17.7 Å². The Kier molecular flexibility index (Phi) is 4.88. The van der Waals surface area contributed by atoms with Gasteiger partial charge in [-0.3, -0.25) is 9.59 Å². The summed E-state index contributed by atoms with van der Waals surface area (Å²) in [5.74, 6) is -0.258. The van der Waals surface area contributed by atoms with E-state index in [0.717, 1.165) is 6.26 Å². The zero-order valence-corrected chi connectivity index (χ0v) is 13.0. The van der Waals surface area contributed by atoms with E-state index in [-0.39, 0.29) is 29.3 Å². The SMILES string of the molecule is CS(=O)(=O)c1ccc(C(=O)CCC(=O)c2ccccc2)cc1. The standard InChI is InChI=1S/C17H16O4S/c1-22(20,21)15-9-7-14(8-10-15)17(19)12-11-16(18)13-5-3-2-4-6-13/h2-10H,11-12H2,1H3. The Morgan fingerprint density at radius 3 is 1.68 bits per heavy atom. The summed E-state index contributed by atoms with van der Waals surface area (Å²) in [7, 11) is -3.27. The highest BCUT2D eigenvalue weighted by Gasteiger charge is 2.12. The average molecular weight is 316 g/mol. The Hall–Kier alpha value is -2.27. The number of hydrogen-bond donors (Lipinski definition) is 0. The largest absolute Gasteiger partial charge is 0.294 e. The normalized spacial score (nSPS) is 11.1. The fourth-order valence-electron chi connectivity index (χ4n) is 2.03. The highest BCUT2D eigenvalue weighted by molar-refractivity contribution is 7.90. The van der Waals surface area contributed by atoms with Crippen LogP contribution in [0.5, 0.6) is 0 Å². The van der Waals surface area contributed by atoms with Crippen LogP contribution in [-0.2, 0) is 9.84 Å². The van der Waals surface area contributed by atoms with Crippen molar-refractivity contribution in [3.05, 3.63) is 65.7 Å². The minimum atomic E-state index is -3.27. The third-order valence-corrected chi connectivity index (χ3v) is 4.41. The summed E-state index contributed by atoms with van der Waals surface area (Å²) >= 11 is 0. The topological polar surface area (TPSA) is 68.3 Å². The zero-order valence-electron chi connectivity index (χ0n) is 12.2. The van der Waals surface area contributed by atoms with Crippen molar-refractivity contribution >= 4 is 21.4 Å². The van der Waals surface area contributed by atoms with Crippen LogP contribution in [0, 0.1) is 0 Å². The van der Waals surface area contributed by atoms with Crippen LogP contribution in [0.25, 0.3) is 0 Å². The molecule has 2 aromatic carbocycles. The van der Waals surface area contributed by atoms with Crippen LogP contribution in [0.2, 0.25) is 0 Å². The molecule has 0 aromatic heterocycles. The van der Waals surface area contributed by atoms with Gasteiger partial charge in [-0.15, -0.1) is 0 Å². The minimum absolute atomic E-state index is 0.0818. The molecule has 0 radical (unpaired) electrons. The molecule has 114 valence electrons. The van der Waals surface area contributed by atoms with E-state index in [0.29, 0.717) is 11.1 Å². The maximum absolute atomic E-state index is 12.0. The number of Topliss-reactive ketones (excluding diaryl/α,β-unsaturated/α-hetero) is 2. The Labute approximate surface area is 129 Å². The van der Waals surface area contributed by atoms with E-state index < -0.39 is 9.84 Å². The van der Waals surface area contributed by atoms with Crippen molar-refractivity contribution in [1.82, 2.24) is 0 Å². The van der Waals surface area contributed by atoms with Gasteiger partial charge in [-0.05, 0) is 12.1 Å². The summed E-state index contributed by atoms with van der Waals surface area (Å²) in [6.07, 6.45) is 1.35. The third-order valence-electron chi connectivity index (χ3n) is 3.28. The molecule has 0 aliphatic carbocycles. The van der Waals surface area contributed by atoms with E-state index in [9.17, 15) is 18.0 Å². The van der Waals surface area contributed by atoms with Crippen LogP contribution in [0.3, 0.4) is 0 Å². The lowest BCUT2D eigenvalue weighted by atomic mass is 10.0. The molecule has 2 aromatic rings. The molecule has 2 rings (SSSR count). The Bertz CT molecular complexity index is 775. The summed E-state index contributed by atoms with van der Waals surface area (Å²) in [5, 5.41) is 0. The highest BCUT2D eigenvalue weighted by Crippen LogP contribution is 2.13. The van der Waals surface area contributed by atoms with Gasteiger partial charge in [-0.25, -0.2) is 8.42 Å². The van der Waals surface area contributed by atoms with Gasteiger partial charge in [-0.2, -0.15) is 0 Å². The Morgan fingerprint density at radius 1 is 0.773 bits per heavy atom. The maximum Gasteiger partial charge on any atom is 0.175 e. The average Bonchev–Trinajstić information content (AvgIpc) is 2.52.